The zero-order chi connectivity index (χ0) is 15.1. The van der Waals surface area contributed by atoms with E-state index in [-0.39, 0.29) is 0 Å². The maximum Gasteiger partial charge on any atom is 0.254 e. The van der Waals surface area contributed by atoms with Crippen molar-refractivity contribution in [2.75, 3.05) is 11.4 Å². The molecule has 1 aromatic carbocycles. The summed E-state index contributed by atoms with van der Waals surface area (Å²) in [5, 5.41) is 4.35. The Kier molecular flexibility index (Phi) is 3.06. The normalized spacial score (nSPS) is 18.3. The van der Waals surface area contributed by atoms with E-state index in [4.69, 9.17) is 0 Å². The molecule has 1 aliphatic heterocycles. The number of aryl methyl sites for hydroxylation is 2. The predicted octanol–water partition coefficient (Wildman–Crippen LogP) is 3.08. The molecule has 1 atom stereocenters. The topological polar surface area (TPSA) is 46.3 Å². The van der Waals surface area contributed by atoms with Crippen LogP contribution in [0.4, 0.5) is 5.82 Å². The van der Waals surface area contributed by atoms with E-state index in [1.807, 2.05) is 11.4 Å². The fourth-order valence-electron chi connectivity index (χ4n) is 3.38. The van der Waals surface area contributed by atoms with Crippen LogP contribution in [0, 0.1) is 13.8 Å². The Morgan fingerprint density at radius 2 is 2.09 bits per heavy atom. The van der Waals surface area contributed by atoms with Gasteiger partial charge >= 0.3 is 0 Å². The molecule has 0 aliphatic carbocycles. The van der Waals surface area contributed by atoms with Crippen LogP contribution in [0.25, 0.3) is 5.78 Å². The Labute approximate surface area is 129 Å². The lowest BCUT2D eigenvalue weighted by Crippen LogP contribution is -2.25. The van der Waals surface area contributed by atoms with Gasteiger partial charge in [-0.1, -0.05) is 29.8 Å². The lowest BCUT2D eigenvalue weighted by Gasteiger charge is -2.27. The quantitative estimate of drug-likeness (QED) is 0.728. The van der Waals surface area contributed by atoms with Crippen LogP contribution < -0.4 is 4.90 Å². The van der Waals surface area contributed by atoms with Crippen molar-refractivity contribution >= 4 is 11.6 Å². The molecule has 1 aliphatic rings. The highest BCUT2D eigenvalue weighted by Gasteiger charge is 2.28. The minimum Gasteiger partial charge on any atom is -0.349 e. The fraction of sp³-hybridized carbons (Fsp3) is 0.353. The second-order valence-electron chi connectivity index (χ2n) is 5.99. The van der Waals surface area contributed by atoms with E-state index in [0.717, 1.165) is 18.1 Å². The van der Waals surface area contributed by atoms with Gasteiger partial charge in [0, 0.05) is 18.3 Å². The van der Waals surface area contributed by atoms with Gasteiger partial charge in [-0.2, -0.15) is 14.6 Å². The van der Waals surface area contributed by atoms with E-state index < -0.39 is 0 Å². The highest BCUT2D eigenvalue weighted by molar-refractivity contribution is 5.50. The van der Waals surface area contributed by atoms with Gasteiger partial charge in [-0.3, -0.25) is 0 Å². The summed E-state index contributed by atoms with van der Waals surface area (Å²) in [6, 6.07) is 11.3. The van der Waals surface area contributed by atoms with Crippen molar-refractivity contribution < 1.29 is 0 Å². The number of anilines is 1. The summed E-state index contributed by atoms with van der Waals surface area (Å²) in [4.78, 5) is 11.1. The van der Waals surface area contributed by atoms with Crippen molar-refractivity contribution in [1.82, 2.24) is 19.6 Å². The molecule has 1 fully saturated rings. The fourth-order valence-corrected chi connectivity index (χ4v) is 3.38. The van der Waals surface area contributed by atoms with Gasteiger partial charge in [0.2, 0.25) is 0 Å². The second-order valence-corrected chi connectivity index (χ2v) is 5.99. The molecular weight excluding hydrogens is 274 g/mol. The molecule has 0 saturated carbocycles. The Morgan fingerprint density at radius 1 is 1.18 bits per heavy atom. The number of hydrogen-bond donors (Lipinski definition) is 0. The van der Waals surface area contributed by atoms with Crippen LogP contribution in [0.2, 0.25) is 0 Å². The van der Waals surface area contributed by atoms with Crippen LogP contribution in [0.1, 0.15) is 35.7 Å². The molecule has 1 unspecified atom stereocenters. The molecule has 1 saturated heterocycles. The first kappa shape index (κ1) is 13.2. The van der Waals surface area contributed by atoms with Crippen molar-refractivity contribution in [3.8, 4) is 0 Å². The highest BCUT2D eigenvalue weighted by atomic mass is 15.4. The van der Waals surface area contributed by atoms with Crippen LogP contribution in [0.3, 0.4) is 0 Å². The molecular formula is C17H19N5. The number of nitrogens with zero attached hydrogens (tertiary/aromatic N) is 5. The van der Waals surface area contributed by atoms with Crippen molar-refractivity contribution in [2.45, 2.75) is 32.7 Å². The summed E-state index contributed by atoms with van der Waals surface area (Å²) in [6.45, 7) is 5.20. The van der Waals surface area contributed by atoms with Gasteiger partial charge in [0.15, 0.2) is 0 Å². The molecule has 3 aromatic rings. The van der Waals surface area contributed by atoms with Gasteiger partial charge in [-0.15, -0.1) is 0 Å². The monoisotopic (exact) mass is 293 g/mol. The Balaban J connectivity index is 1.81. The SMILES string of the molecule is Cc1cccc(C2CCCN2c2cc(C)nc3ncnn23)c1. The Hall–Kier alpha value is -2.43. The first-order chi connectivity index (χ1) is 10.7. The number of aromatic nitrogens is 4. The molecule has 5 heteroatoms. The first-order valence-electron chi connectivity index (χ1n) is 7.73. The molecule has 0 N–H and O–H groups in total. The van der Waals surface area contributed by atoms with Crippen LogP contribution in [-0.4, -0.2) is 26.1 Å². The third kappa shape index (κ3) is 2.13. The summed E-state index contributed by atoms with van der Waals surface area (Å²) in [6.07, 6.45) is 3.93. The minimum absolute atomic E-state index is 0.397. The summed E-state index contributed by atoms with van der Waals surface area (Å²) in [5.41, 5.74) is 3.66. The number of hydrogen-bond acceptors (Lipinski definition) is 4. The minimum atomic E-state index is 0.397. The number of rotatable bonds is 2. The lowest BCUT2D eigenvalue weighted by atomic mass is 10.0. The van der Waals surface area contributed by atoms with Gasteiger partial charge in [0.25, 0.3) is 5.78 Å². The van der Waals surface area contributed by atoms with Gasteiger partial charge in [0.1, 0.15) is 12.1 Å². The van der Waals surface area contributed by atoms with Gasteiger partial charge in [-0.25, -0.2) is 4.98 Å². The molecule has 0 spiro atoms. The largest absolute Gasteiger partial charge is 0.349 e. The second kappa shape index (κ2) is 5.09. The van der Waals surface area contributed by atoms with Crippen LogP contribution in [0.5, 0.6) is 0 Å². The van der Waals surface area contributed by atoms with E-state index in [9.17, 15) is 0 Å². The van der Waals surface area contributed by atoms with Gasteiger partial charge in [0.05, 0.1) is 6.04 Å². The average Bonchev–Trinajstić information content (AvgIpc) is 3.15. The van der Waals surface area contributed by atoms with E-state index in [0.29, 0.717) is 11.8 Å². The Bertz CT molecular complexity index is 823. The molecule has 5 nitrogen and oxygen atoms in total. The van der Waals surface area contributed by atoms with Gasteiger partial charge in [-0.05, 0) is 32.3 Å². The maximum absolute atomic E-state index is 4.44. The van der Waals surface area contributed by atoms with Crippen LogP contribution >= 0.6 is 0 Å². The summed E-state index contributed by atoms with van der Waals surface area (Å²) in [5.74, 6) is 1.76. The predicted molar refractivity (Wildman–Crippen MR) is 86.0 cm³/mol. The molecule has 112 valence electrons. The van der Waals surface area contributed by atoms with Crippen LogP contribution in [-0.2, 0) is 0 Å². The average molecular weight is 293 g/mol. The number of fused-ring (bicyclic) bond motifs is 1. The third-order valence-corrected chi connectivity index (χ3v) is 4.34. The zero-order valence-corrected chi connectivity index (χ0v) is 12.9. The molecule has 22 heavy (non-hydrogen) atoms. The van der Waals surface area contributed by atoms with E-state index in [1.54, 1.807) is 6.33 Å². The molecule has 4 rings (SSSR count). The molecule has 2 aromatic heterocycles. The summed E-state index contributed by atoms with van der Waals surface area (Å²) < 4.78 is 1.85. The molecule has 0 radical (unpaired) electrons. The third-order valence-electron chi connectivity index (χ3n) is 4.34. The van der Waals surface area contributed by atoms with E-state index in [1.165, 1.54) is 24.0 Å². The molecule has 3 heterocycles. The molecule has 0 bridgehead atoms. The van der Waals surface area contributed by atoms with Gasteiger partial charge < -0.3 is 4.90 Å². The Morgan fingerprint density at radius 3 is 2.95 bits per heavy atom. The lowest BCUT2D eigenvalue weighted by molar-refractivity contribution is 0.696. The van der Waals surface area contributed by atoms with Crippen molar-refractivity contribution in [1.29, 1.82) is 0 Å². The summed E-state index contributed by atoms with van der Waals surface area (Å²) in [7, 11) is 0. The molecule has 0 amide bonds. The van der Waals surface area contributed by atoms with Crippen molar-refractivity contribution in [3.63, 3.8) is 0 Å². The first-order valence-corrected chi connectivity index (χ1v) is 7.73. The smallest absolute Gasteiger partial charge is 0.254 e. The highest BCUT2D eigenvalue weighted by Crippen LogP contribution is 2.36. The summed E-state index contributed by atoms with van der Waals surface area (Å²) >= 11 is 0. The maximum atomic E-state index is 4.44. The number of benzene rings is 1. The van der Waals surface area contributed by atoms with E-state index >= 15 is 0 Å². The zero-order valence-electron chi connectivity index (χ0n) is 12.9. The van der Waals surface area contributed by atoms with E-state index in [2.05, 4.69) is 57.2 Å². The van der Waals surface area contributed by atoms with Crippen molar-refractivity contribution in [3.05, 3.63) is 53.5 Å². The standard InChI is InChI=1S/C17H19N5/c1-12-5-3-6-14(9-12)15-7-4-8-21(15)16-10-13(2)20-17-18-11-19-22(16)17/h3,5-6,9-11,15H,4,7-8H2,1-2H3. The van der Waals surface area contributed by atoms with Crippen LogP contribution in [0.15, 0.2) is 36.7 Å². The van der Waals surface area contributed by atoms with Crippen molar-refractivity contribution in [2.24, 2.45) is 0 Å².